The number of carbonyl (C=O) groups is 2. The van der Waals surface area contributed by atoms with E-state index in [1.165, 1.54) is 4.90 Å². The fourth-order valence-electron chi connectivity index (χ4n) is 4.28. The maximum atomic E-state index is 12.9. The van der Waals surface area contributed by atoms with Crippen LogP contribution in [0, 0.1) is 0 Å². The SMILES string of the molecule is CCCN1C(=O)C2NC(c3ccc(N4CCCNCC4)nc3)=NC2N(CCC)C1=O. The summed E-state index contributed by atoms with van der Waals surface area (Å²) in [7, 11) is 0. The molecular formula is C21H31N7O2. The summed E-state index contributed by atoms with van der Waals surface area (Å²) in [5, 5.41) is 6.67. The summed E-state index contributed by atoms with van der Waals surface area (Å²) in [6.45, 7) is 8.91. The van der Waals surface area contributed by atoms with Crippen molar-refractivity contribution in [1.82, 2.24) is 25.4 Å². The number of fused-ring (bicyclic) bond motifs is 1. The van der Waals surface area contributed by atoms with Crippen LogP contribution in [0.5, 0.6) is 0 Å². The number of urea groups is 1. The zero-order valence-electron chi connectivity index (χ0n) is 17.8. The van der Waals surface area contributed by atoms with E-state index in [2.05, 4.69) is 20.5 Å². The third-order valence-electron chi connectivity index (χ3n) is 5.78. The summed E-state index contributed by atoms with van der Waals surface area (Å²) in [4.78, 5) is 40.5. The Balaban J connectivity index is 1.54. The summed E-state index contributed by atoms with van der Waals surface area (Å²) >= 11 is 0. The van der Waals surface area contributed by atoms with E-state index < -0.39 is 12.2 Å². The molecule has 0 aromatic carbocycles. The fourth-order valence-corrected chi connectivity index (χ4v) is 4.28. The number of hydrogen-bond acceptors (Lipinski definition) is 7. The molecule has 2 atom stereocenters. The predicted molar refractivity (Wildman–Crippen MR) is 116 cm³/mol. The number of amides is 3. The molecule has 0 radical (unpaired) electrons. The number of nitrogens with one attached hydrogen (secondary N) is 2. The van der Waals surface area contributed by atoms with E-state index in [9.17, 15) is 9.59 Å². The minimum atomic E-state index is -0.535. The number of hydrogen-bond donors (Lipinski definition) is 2. The van der Waals surface area contributed by atoms with E-state index in [1.54, 1.807) is 11.1 Å². The van der Waals surface area contributed by atoms with Gasteiger partial charge in [-0.3, -0.25) is 14.6 Å². The first-order valence-corrected chi connectivity index (χ1v) is 11.0. The molecular weight excluding hydrogens is 382 g/mol. The fraction of sp³-hybridized carbons (Fsp3) is 0.619. The van der Waals surface area contributed by atoms with Crippen LogP contribution in [0.4, 0.5) is 10.6 Å². The van der Waals surface area contributed by atoms with Crippen molar-refractivity contribution in [3.05, 3.63) is 23.9 Å². The standard InChI is InChI=1S/C21H31N7O2/c1-3-10-27-19-17(20(29)28(11-4-2)21(27)30)24-18(25-19)15-6-7-16(23-14-15)26-12-5-8-22-9-13-26/h6-7,14,17,19,22H,3-5,8-13H2,1-2H3,(H,24,25). The Kier molecular flexibility index (Phi) is 6.17. The van der Waals surface area contributed by atoms with Gasteiger partial charge in [0.1, 0.15) is 17.7 Å². The van der Waals surface area contributed by atoms with Crippen molar-refractivity contribution in [2.45, 2.75) is 45.3 Å². The van der Waals surface area contributed by atoms with E-state index in [4.69, 9.17) is 4.99 Å². The van der Waals surface area contributed by atoms with Gasteiger partial charge in [0.25, 0.3) is 5.91 Å². The number of amidine groups is 1. The Morgan fingerprint density at radius 2 is 1.93 bits per heavy atom. The Morgan fingerprint density at radius 3 is 2.67 bits per heavy atom. The van der Waals surface area contributed by atoms with Gasteiger partial charge in [-0.05, 0) is 37.9 Å². The Bertz CT molecular complexity index is 802. The van der Waals surface area contributed by atoms with Crippen molar-refractivity contribution in [2.24, 2.45) is 4.99 Å². The second kappa shape index (κ2) is 8.99. The largest absolute Gasteiger partial charge is 0.355 e. The average Bonchev–Trinajstić information content (AvgIpc) is 3.02. The highest BCUT2D eigenvalue weighted by molar-refractivity contribution is 6.08. The molecule has 0 aliphatic carbocycles. The maximum absolute atomic E-state index is 12.9. The molecule has 2 saturated heterocycles. The molecule has 4 heterocycles. The van der Waals surface area contributed by atoms with E-state index in [0.717, 1.165) is 56.8 Å². The van der Waals surface area contributed by atoms with Crippen LogP contribution < -0.4 is 15.5 Å². The lowest BCUT2D eigenvalue weighted by Gasteiger charge is -2.40. The summed E-state index contributed by atoms with van der Waals surface area (Å²) in [5.74, 6) is 1.38. The second-order valence-corrected chi connectivity index (χ2v) is 7.97. The van der Waals surface area contributed by atoms with Crippen LogP contribution in [0.2, 0.25) is 0 Å². The molecule has 9 nitrogen and oxygen atoms in total. The van der Waals surface area contributed by atoms with E-state index in [0.29, 0.717) is 18.9 Å². The number of aromatic nitrogens is 1. The van der Waals surface area contributed by atoms with Crippen LogP contribution in [-0.4, -0.2) is 84.0 Å². The highest BCUT2D eigenvalue weighted by Gasteiger charge is 2.49. The van der Waals surface area contributed by atoms with Gasteiger partial charge in [-0.15, -0.1) is 0 Å². The number of rotatable bonds is 6. The highest BCUT2D eigenvalue weighted by Crippen LogP contribution is 2.25. The summed E-state index contributed by atoms with van der Waals surface area (Å²) in [6, 6.07) is 3.23. The topological polar surface area (TPSA) is 93.2 Å². The van der Waals surface area contributed by atoms with Crippen LogP contribution in [0.25, 0.3) is 0 Å². The average molecular weight is 414 g/mol. The first-order chi connectivity index (χ1) is 14.6. The van der Waals surface area contributed by atoms with Gasteiger partial charge >= 0.3 is 6.03 Å². The van der Waals surface area contributed by atoms with Crippen LogP contribution in [-0.2, 0) is 4.79 Å². The molecule has 3 aliphatic heterocycles. The Morgan fingerprint density at radius 1 is 1.10 bits per heavy atom. The molecule has 0 spiro atoms. The van der Waals surface area contributed by atoms with Crippen molar-refractivity contribution in [3.8, 4) is 0 Å². The van der Waals surface area contributed by atoms with Crippen LogP contribution in [0.1, 0.15) is 38.7 Å². The van der Waals surface area contributed by atoms with Crippen LogP contribution >= 0.6 is 0 Å². The molecule has 162 valence electrons. The van der Waals surface area contributed by atoms with E-state index in [1.807, 2.05) is 26.0 Å². The van der Waals surface area contributed by atoms with Gasteiger partial charge in [-0.25, -0.2) is 14.8 Å². The smallest absolute Gasteiger partial charge is 0.328 e. The van der Waals surface area contributed by atoms with Crippen LogP contribution in [0.3, 0.4) is 0 Å². The minimum Gasteiger partial charge on any atom is -0.355 e. The Hall–Kier alpha value is -2.68. The third kappa shape index (κ3) is 3.86. The van der Waals surface area contributed by atoms with Gasteiger partial charge < -0.3 is 15.5 Å². The number of aliphatic imine (C=N–C) groups is 1. The van der Waals surface area contributed by atoms with Gasteiger partial charge in [-0.2, -0.15) is 0 Å². The summed E-state index contributed by atoms with van der Waals surface area (Å²) in [6.07, 6.45) is 3.95. The number of carbonyl (C=O) groups excluding carboxylic acids is 2. The molecule has 3 aliphatic rings. The third-order valence-corrected chi connectivity index (χ3v) is 5.78. The number of nitrogens with zero attached hydrogens (tertiary/aromatic N) is 5. The van der Waals surface area contributed by atoms with Crippen molar-refractivity contribution < 1.29 is 9.59 Å². The zero-order chi connectivity index (χ0) is 21.1. The molecule has 0 saturated carbocycles. The molecule has 2 fully saturated rings. The first kappa shape index (κ1) is 20.6. The highest BCUT2D eigenvalue weighted by atomic mass is 16.2. The van der Waals surface area contributed by atoms with E-state index >= 15 is 0 Å². The van der Waals surface area contributed by atoms with Gasteiger partial charge in [0, 0.05) is 44.5 Å². The molecule has 0 bridgehead atoms. The van der Waals surface area contributed by atoms with Crippen molar-refractivity contribution in [1.29, 1.82) is 0 Å². The lowest BCUT2D eigenvalue weighted by molar-refractivity contribution is -0.134. The molecule has 1 aromatic rings. The summed E-state index contributed by atoms with van der Waals surface area (Å²) < 4.78 is 0. The zero-order valence-corrected chi connectivity index (χ0v) is 17.8. The Labute approximate surface area is 177 Å². The molecule has 30 heavy (non-hydrogen) atoms. The number of pyridine rings is 1. The summed E-state index contributed by atoms with van der Waals surface area (Å²) in [5.41, 5.74) is 0.833. The molecule has 1 aromatic heterocycles. The van der Waals surface area contributed by atoms with Crippen molar-refractivity contribution >= 4 is 23.6 Å². The molecule has 4 rings (SSSR count). The van der Waals surface area contributed by atoms with Gasteiger partial charge in [0.05, 0.1) is 0 Å². The molecule has 2 unspecified atom stereocenters. The van der Waals surface area contributed by atoms with Gasteiger partial charge in [0.15, 0.2) is 6.17 Å². The number of imide groups is 1. The first-order valence-electron chi connectivity index (χ1n) is 11.0. The van der Waals surface area contributed by atoms with Crippen molar-refractivity contribution in [2.75, 3.05) is 44.2 Å². The van der Waals surface area contributed by atoms with E-state index in [-0.39, 0.29) is 11.9 Å². The monoisotopic (exact) mass is 413 g/mol. The predicted octanol–water partition coefficient (Wildman–Crippen LogP) is 1.01. The van der Waals surface area contributed by atoms with Gasteiger partial charge in [0.2, 0.25) is 0 Å². The molecule has 2 N–H and O–H groups in total. The van der Waals surface area contributed by atoms with Crippen molar-refractivity contribution in [3.63, 3.8) is 0 Å². The quantitative estimate of drug-likeness (QED) is 0.723. The lowest BCUT2D eigenvalue weighted by Crippen LogP contribution is -2.65. The normalized spacial score (nSPS) is 24.5. The number of anilines is 1. The second-order valence-electron chi connectivity index (χ2n) is 7.97. The van der Waals surface area contributed by atoms with Gasteiger partial charge in [-0.1, -0.05) is 13.8 Å². The maximum Gasteiger partial charge on any atom is 0.328 e. The lowest BCUT2D eigenvalue weighted by atomic mass is 10.1. The molecule has 9 heteroatoms. The molecule has 3 amide bonds. The minimum absolute atomic E-state index is 0.195. The van der Waals surface area contributed by atoms with Crippen LogP contribution in [0.15, 0.2) is 23.3 Å².